The number of amides is 2. The van der Waals surface area contributed by atoms with Crippen LogP contribution in [0.15, 0.2) is 57.0 Å². The number of amidine groups is 1. The zero-order chi connectivity index (χ0) is 63.7. The lowest BCUT2D eigenvalue weighted by Gasteiger charge is -2.38. The predicted octanol–water partition coefficient (Wildman–Crippen LogP) is 2.78. The van der Waals surface area contributed by atoms with Crippen LogP contribution in [0.2, 0.25) is 0 Å². The molecular weight excluding hydrogens is 1220 g/mol. The van der Waals surface area contributed by atoms with Crippen molar-refractivity contribution in [2.24, 2.45) is 16.6 Å². The fourth-order valence-electron chi connectivity index (χ4n) is 7.98. The van der Waals surface area contributed by atoms with Gasteiger partial charge in [0, 0.05) is 74.0 Å². The zero-order valence-corrected chi connectivity index (χ0v) is 50.3. The molecule has 0 bridgehead atoms. The molecule has 3 aromatic rings. The standard InChI is InChI=1S/C55H76F4N6O21S2/c1-2-7-65(85-11-8-66)55(69)42-30-41-4-3-40(32-45(41)63-46(60)33-42)43-31-44(36-61-35-43)87(70,71)64-37-39(38-64)34-62-47(67)5-9-75-12-14-77-16-18-79-20-22-81-24-26-83-28-29-84-27-25-82-23-21-80-19-17-78-15-13-76-10-6-48(68)86-53-49(56)51(58)54(88(72,73)74)52(59)50(53)57/h3-4,30-32,35-36,39,66H,2,5-29,33-34,37-38H2,1H3,(H2,60,63)(H,62,67)(H,72,73,74). The van der Waals surface area contributed by atoms with Gasteiger partial charge in [0.1, 0.15) is 10.7 Å². The average Bonchev–Trinajstić information content (AvgIpc) is 1.32. The highest BCUT2D eigenvalue weighted by molar-refractivity contribution is 7.89. The molecule has 0 saturated carbocycles. The number of hydrogen-bond acceptors (Lipinski definition) is 23. The van der Waals surface area contributed by atoms with E-state index < -0.39 is 66.4 Å². The summed E-state index contributed by atoms with van der Waals surface area (Å²) in [6.07, 6.45) is 4.82. The van der Waals surface area contributed by atoms with Gasteiger partial charge in [0.05, 0.1) is 157 Å². The quantitative estimate of drug-likeness (QED) is 0.0120. The Morgan fingerprint density at radius 1 is 0.670 bits per heavy atom. The number of benzene rings is 2. The SMILES string of the molecule is CCCN(OCCO)C(=O)C1=Cc2ccc(-c3cncc(S(=O)(=O)N4CC(CNC(=O)CCOCCOCCOCCOCCOCCOCCOCCOCCOCCOCCC(=O)Oc5c(F)c(F)c(S(=O)(=O)O)c(F)c5F)C4)c3)cc2N=C(N)C1. The number of aromatic nitrogens is 1. The number of aliphatic hydroxyl groups excluding tert-OH is 1. The molecule has 2 aliphatic rings. The van der Waals surface area contributed by atoms with Crippen LogP contribution in [-0.4, -0.2) is 236 Å². The number of carbonyl (C=O) groups is 3. The first-order chi connectivity index (χ1) is 42.3. The van der Waals surface area contributed by atoms with Crippen molar-refractivity contribution in [1.82, 2.24) is 19.7 Å². The van der Waals surface area contributed by atoms with Gasteiger partial charge in [-0.2, -0.15) is 21.5 Å². The molecule has 492 valence electrons. The van der Waals surface area contributed by atoms with Gasteiger partial charge in [0.2, 0.25) is 33.3 Å². The lowest BCUT2D eigenvalue weighted by atomic mass is 10.0. The van der Waals surface area contributed by atoms with Crippen molar-refractivity contribution < 1.29 is 115 Å². The maximum Gasteiger partial charge on any atom is 0.313 e. The number of fused-ring (bicyclic) bond motifs is 1. The van der Waals surface area contributed by atoms with Crippen LogP contribution in [0, 0.1) is 29.2 Å². The number of rotatable bonds is 46. The minimum atomic E-state index is -5.66. The third-order valence-electron chi connectivity index (χ3n) is 12.4. The number of pyridine rings is 1. The maximum atomic E-state index is 14.0. The van der Waals surface area contributed by atoms with Crippen LogP contribution in [-0.2, 0) is 86.7 Å². The van der Waals surface area contributed by atoms with Crippen molar-refractivity contribution in [3.63, 3.8) is 0 Å². The van der Waals surface area contributed by atoms with E-state index in [9.17, 15) is 53.9 Å². The van der Waals surface area contributed by atoms with Crippen LogP contribution in [0.1, 0.15) is 38.2 Å². The summed E-state index contributed by atoms with van der Waals surface area (Å²) in [6.45, 7) is 8.12. The van der Waals surface area contributed by atoms with E-state index in [1.54, 1.807) is 36.5 Å². The molecule has 27 nitrogen and oxygen atoms in total. The predicted molar refractivity (Wildman–Crippen MR) is 303 cm³/mol. The summed E-state index contributed by atoms with van der Waals surface area (Å²) in [5.74, 6) is -13.2. The Morgan fingerprint density at radius 2 is 1.16 bits per heavy atom. The van der Waals surface area contributed by atoms with Crippen LogP contribution in [0.5, 0.6) is 5.75 Å². The van der Waals surface area contributed by atoms with Crippen molar-refractivity contribution in [1.29, 1.82) is 0 Å². The zero-order valence-electron chi connectivity index (χ0n) is 48.7. The second kappa shape index (κ2) is 39.4. The Morgan fingerprint density at radius 3 is 1.64 bits per heavy atom. The Hall–Kier alpha value is -5.73. The van der Waals surface area contributed by atoms with Gasteiger partial charge in [-0.15, -0.1) is 0 Å². The summed E-state index contributed by atoms with van der Waals surface area (Å²) in [5.41, 5.74) is 8.92. The molecule has 33 heteroatoms. The fourth-order valence-corrected chi connectivity index (χ4v) is 10.2. The van der Waals surface area contributed by atoms with Gasteiger partial charge in [-0.05, 0) is 30.2 Å². The van der Waals surface area contributed by atoms with Gasteiger partial charge in [-0.1, -0.05) is 19.1 Å². The van der Waals surface area contributed by atoms with Gasteiger partial charge < -0.3 is 68.3 Å². The molecule has 1 saturated heterocycles. The molecule has 0 unspecified atom stereocenters. The molecule has 5 N–H and O–H groups in total. The van der Waals surface area contributed by atoms with Gasteiger partial charge in [-0.25, -0.2) is 27.3 Å². The molecule has 0 atom stereocenters. The molecule has 88 heavy (non-hydrogen) atoms. The van der Waals surface area contributed by atoms with E-state index in [1.165, 1.54) is 15.6 Å². The number of ether oxygens (including phenoxy) is 11. The number of hydrogen-bond donors (Lipinski definition) is 4. The average molecular weight is 1300 g/mol. The first kappa shape index (κ1) is 73.0. The number of sulfonamides is 1. The molecule has 0 radical (unpaired) electrons. The van der Waals surface area contributed by atoms with E-state index in [-0.39, 0.29) is 107 Å². The molecule has 2 aliphatic heterocycles. The van der Waals surface area contributed by atoms with Crippen molar-refractivity contribution >= 4 is 55.5 Å². The minimum absolute atomic E-state index is 0.00888. The molecule has 0 spiro atoms. The Kier molecular flexibility index (Phi) is 32.7. The number of nitrogens with zero attached hydrogens (tertiary/aromatic N) is 4. The summed E-state index contributed by atoms with van der Waals surface area (Å²) in [4.78, 5) is 49.6. The molecule has 2 amide bonds. The van der Waals surface area contributed by atoms with Crippen LogP contribution < -0.4 is 15.8 Å². The molecule has 0 aliphatic carbocycles. The summed E-state index contributed by atoms with van der Waals surface area (Å²) in [7, 11) is -9.53. The highest BCUT2D eigenvalue weighted by Gasteiger charge is 2.38. The Bertz CT molecular complexity index is 2950. The number of nitrogens with one attached hydrogen (secondary N) is 1. The smallest absolute Gasteiger partial charge is 0.313 e. The van der Waals surface area contributed by atoms with E-state index in [2.05, 4.69) is 20.0 Å². The van der Waals surface area contributed by atoms with Gasteiger partial charge >= 0.3 is 16.1 Å². The topological polar surface area (TPSA) is 340 Å². The monoisotopic (exact) mass is 1300 g/mol. The molecule has 5 rings (SSSR count). The number of aliphatic imine (C=N–C) groups is 1. The summed E-state index contributed by atoms with van der Waals surface area (Å²) >= 11 is 0. The van der Waals surface area contributed by atoms with E-state index in [4.69, 9.17) is 62.5 Å². The van der Waals surface area contributed by atoms with E-state index in [0.29, 0.717) is 140 Å². The summed E-state index contributed by atoms with van der Waals surface area (Å²) in [5, 5.41) is 13.3. The maximum absolute atomic E-state index is 14.0. The Labute approximate surface area is 507 Å². The number of aliphatic hydroxyl groups is 1. The number of nitrogens with two attached hydrogens (primary N) is 1. The molecular formula is C55H76F4N6O21S2. The van der Waals surface area contributed by atoms with E-state index >= 15 is 0 Å². The van der Waals surface area contributed by atoms with Crippen molar-refractivity contribution in [3.8, 4) is 16.9 Å². The second-order valence-electron chi connectivity index (χ2n) is 19.1. The van der Waals surface area contributed by atoms with Crippen molar-refractivity contribution in [2.45, 2.75) is 42.4 Å². The molecule has 2 aromatic carbocycles. The lowest BCUT2D eigenvalue weighted by molar-refractivity contribution is -0.185. The first-order valence-electron chi connectivity index (χ1n) is 28.1. The third-order valence-corrected chi connectivity index (χ3v) is 15.1. The number of esters is 1. The largest absolute Gasteiger partial charge is 0.420 e. The highest BCUT2D eigenvalue weighted by Crippen LogP contribution is 2.35. The van der Waals surface area contributed by atoms with Crippen LogP contribution in [0.3, 0.4) is 0 Å². The van der Waals surface area contributed by atoms with Crippen LogP contribution >= 0.6 is 0 Å². The minimum Gasteiger partial charge on any atom is -0.420 e. The molecule has 1 fully saturated rings. The summed E-state index contributed by atoms with van der Waals surface area (Å²) in [6, 6.07) is 6.86. The molecule has 1 aromatic heterocycles. The normalized spacial score (nSPS) is 13.8. The van der Waals surface area contributed by atoms with Crippen molar-refractivity contribution in [2.75, 3.05) is 172 Å². The number of hydroxylamine groups is 2. The second-order valence-corrected chi connectivity index (χ2v) is 22.4. The van der Waals surface area contributed by atoms with Crippen molar-refractivity contribution in [3.05, 3.63) is 71.1 Å². The Balaban J connectivity index is 0.757. The van der Waals surface area contributed by atoms with Gasteiger partial charge in [0.25, 0.3) is 5.91 Å². The van der Waals surface area contributed by atoms with Crippen LogP contribution in [0.4, 0.5) is 23.2 Å². The fraction of sp³-hybridized carbons (Fsp3) is 0.582. The number of halogens is 4. The molecule has 3 heterocycles. The van der Waals surface area contributed by atoms with E-state index in [1.807, 2.05) is 6.92 Å². The van der Waals surface area contributed by atoms with Gasteiger partial charge in [-0.3, -0.25) is 28.8 Å². The number of carbonyl (C=O) groups excluding carboxylic acids is 3. The highest BCUT2D eigenvalue weighted by atomic mass is 32.2. The van der Waals surface area contributed by atoms with Gasteiger partial charge in [0.15, 0.2) is 16.5 Å². The first-order valence-corrected chi connectivity index (χ1v) is 31.0. The van der Waals surface area contributed by atoms with E-state index in [0.717, 1.165) is 0 Å². The van der Waals surface area contributed by atoms with Crippen LogP contribution in [0.25, 0.3) is 17.2 Å². The summed E-state index contributed by atoms with van der Waals surface area (Å²) < 4.78 is 173. The third kappa shape index (κ3) is 24.9. The lowest BCUT2D eigenvalue weighted by Crippen LogP contribution is -2.53.